The van der Waals surface area contributed by atoms with Crippen molar-refractivity contribution in [3.8, 4) is 11.4 Å². The van der Waals surface area contributed by atoms with E-state index in [-0.39, 0.29) is 12.5 Å². The summed E-state index contributed by atoms with van der Waals surface area (Å²) < 4.78 is 0. The summed E-state index contributed by atoms with van der Waals surface area (Å²) in [5, 5.41) is 16.1. The Morgan fingerprint density at radius 2 is 1.88 bits per heavy atom. The minimum Gasteiger partial charge on any atom is -0.354 e. The van der Waals surface area contributed by atoms with Crippen LogP contribution in [0.15, 0.2) is 53.4 Å². The van der Waals surface area contributed by atoms with Gasteiger partial charge in [-0.05, 0) is 41.6 Å². The quantitative estimate of drug-likeness (QED) is 0.478. The van der Waals surface area contributed by atoms with Crippen molar-refractivity contribution >= 4 is 40.9 Å². The summed E-state index contributed by atoms with van der Waals surface area (Å²) in [5.41, 5.74) is 0.681. The maximum Gasteiger partial charge on any atom is 0.243 e. The number of tetrazole rings is 1. The number of rotatable bonds is 7. The number of nitrogens with one attached hydrogen (secondary N) is 1. The lowest BCUT2D eigenvalue weighted by Crippen LogP contribution is -2.30. The molecule has 0 unspecified atom stereocenters. The van der Waals surface area contributed by atoms with Gasteiger partial charge in [-0.1, -0.05) is 35.3 Å². The molecule has 0 saturated heterocycles. The molecule has 9 heteroatoms. The van der Waals surface area contributed by atoms with Crippen LogP contribution < -0.4 is 5.32 Å². The predicted octanol–water partition coefficient (Wildman–Crippen LogP) is 3.56. The van der Waals surface area contributed by atoms with Crippen LogP contribution in [0.1, 0.15) is 0 Å². The lowest BCUT2D eigenvalue weighted by atomic mass is 10.2. The average molecular weight is 408 g/mol. The second-order valence-corrected chi connectivity index (χ2v) is 7.29. The van der Waals surface area contributed by atoms with Gasteiger partial charge in [0.2, 0.25) is 11.7 Å². The van der Waals surface area contributed by atoms with Gasteiger partial charge in [0, 0.05) is 27.8 Å². The Morgan fingerprint density at radius 1 is 1.12 bits per heavy atom. The monoisotopic (exact) mass is 407 g/mol. The van der Waals surface area contributed by atoms with Crippen LogP contribution in [0, 0.1) is 0 Å². The van der Waals surface area contributed by atoms with E-state index >= 15 is 0 Å². The lowest BCUT2D eigenvalue weighted by molar-refractivity contribution is -0.121. The van der Waals surface area contributed by atoms with E-state index in [4.69, 9.17) is 23.2 Å². The van der Waals surface area contributed by atoms with Crippen LogP contribution in [0.25, 0.3) is 11.4 Å². The van der Waals surface area contributed by atoms with Crippen molar-refractivity contribution in [3.63, 3.8) is 0 Å². The molecule has 26 heavy (non-hydrogen) atoms. The number of amides is 1. The van der Waals surface area contributed by atoms with Gasteiger partial charge in [0.15, 0.2) is 0 Å². The van der Waals surface area contributed by atoms with Crippen LogP contribution in [0.2, 0.25) is 10.0 Å². The molecule has 0 aliphatic rings. The summed E-state index contributed by atoms with van der Waals surface area (Å²) in [7, 11) is 0. The van der Waals surface area contributed by atoms with Crippen LogP contribution in [0.4, 0.5) is 0 Å². The molecule has 0 spiro atoms. The molecule has 1 N–H and O–H groups in total. The van der Waals surface area contributed by atoms with E-state index < -0.39 is 0 Å². The zero-order chi connectivity index (χ0) is 18.4. The highest BCUT2D eigenvalue weighted by Gasteiger charge is 2.11. The summed E-state index contributed by atoms with van der Waals surface area (Å²) in [5.74, 6) is 0.967. The first-order chi connectivity index (χ1) is 12.6. The zero-order valence-corrected chi connectivity index (χ0v) is 15.9. The second-order valence-electron chi connectivity index (χ2n) is 5.28. The molecule has 0 bridgehead atoms. The van der Waals surface area contributed by atoms with Gasteiger partial charge in [0.05, 0.1) is 5.02 Å². The van der Waals surface area contributed by atoms with Gasteiger partial charge in [-0.2, -0.15) is 4.80 Å². The third kappa shape index (κ3) is 5.20. The minimum atomic E-state index is -0.176. The predicted molar refractivity (Wildman–Crippen MR) is 103 cm³/mol. The van der Waals surface area contributed by atoms with Gasteiger partial charge in [-0.3, -0.25) is 4.79 Å². The molecule has 3 aromatic rings. The Balaban J connectivity index is 1.45. The van der Waals surface area contributed by atoms with Crippen LogP contribution in [-0.4, -0.2) is 38.4 Å². The number of carbonyl (C=O) groups excluding carboxylic acids is 1. The van der Waals surface area contributed by atoms with Crippen molar-refractivity contribution in [2.75, 3.05) is 12.3 Å². The SMILES string of the molecule is O=C(Cn1nnc(-c2ccccc2Cl)n1)NCCSc1ccc(Cl)cc1. The number of nitrogens with zero attached hydrogens (tertiary/aromatic N) is 4. The maximum absolute atomic E-state index is 12.0. The molecule has 2 aromatic carbocycles. The fourth-order valence-electron chi connectivity index (χ4n) is 2.14. The van der Waals surface area contributed by atoms with Crippen LogP contribution in [0.5, 0.6) is 0 Å². The number of hydrogen-bond acceptors (Lipinski definition) is 5. The molecular weight excluding hydrogens is 393 g/mol. The van der Waals surface area contributed by atoms with Gasteiger partial charge < -0.3 is 5.32 Å². The summed E-state index contributed by atoms with van der Waals surface area (Å²) in [6.45, 7) is 0.543. The Morgan fingerprint density at radius 3 is 2.65 bits per heavy atom. The number of aromatic nitrogens is 4. The molecular formula is C17H15Cl2N5OS. The van der Waals surface area contributed by atoms with Gasteiger partial charge in [0.25, 0.3) is 0 Å². The lowest BCUT2D eigenvalue weighted by Gasteiger charge is -2.04. The highest BCUT2D eigenvalue weighted by atomic mass is 35.5. The summed E-state index contributed by atoms with van der Waals surface area (Å²) in [6.07, 6.45) is 0. The molecule has 1 heterocycles. The first kappa shape index (κ1) is 18.7. The van der Waals surface area contributed by atoms with Crippen molar-refractivity contribution in [2.24, 2.45) is 0 Å². The van der Waals surface area contributed by atoms with Crippen LogP contribution in [0.3, 0.4) is 0 Å². The standard InChI is InChI=1S/C17H15Cl2N5OS/c18-12-5-7-13(8-6-12)26-10-9-20-16(25)11-24-22-17(21-23-24)14-3-1-2-4-15(14)19/h1-8H,9-11H2,(H,20,25). The van der Waals surface area contributed by atoms with Crippen LogP contribution in [-0.2, 0) is 11.3 Å². The Bertz CT molecular complexity index is 885. The molecule has 0 radical (unpaired) electrons. The third-order valence-corrected chi connectivity index (χ3v) is 4.95. The smallest absolute Gasteiger partial charge is 0.243 e. The largest absolute Gasteiger partial charge is 0.354 e. The number of benzene rings is 2. The van der Waals surface area contributed by atoms with Crippen molar-refractivity contribution < 1.29 is 4.79 Å². The Hall–Kier alpha value is -2.09. The highest BCUT2D eigenvalue weighted by Crippen LogP contribution is 2.23. The minimum absolute atomic E-state index is 0.00304. The van der Waals surface area contributed by atoms with E-state index in [0.29, 0.717) is 28.0 Å². The average Bonchev–Trinajstić information content (AvgIpc) is 3.09. The van der Waals surface area contributed by atoms with E-state index in [2.05, 4.69) is 20.7 Å². The van der Waals surface area contributed by atoms with Gasteiger partial charge in [0.1, 0.15) is 6.54 Å². The number of carbonyl (C=O) groups is 1. The fraction of sp³-hybridized carbons (Fsp3) is 0.176. The van der Waals surface area contributed by atoms with Crippen LogP contribution >= 0.6 is 35.0 Å². The van der Waals surface area contributed by atoms with Crippen molar-refractivity contribution in [1.29, 1.82) is 0 Å². The van der Waals surface area contributed by atoms with Gasteiger partial charge in [-0.25, -0.2) is 0 Å². The summed E-state index contributed by atoms with van der Waals surface area (Å²) in [6, 6.07) is 14.8. The molecule has 6 nitrogen and oxygen atoms in total. The number of thioether (sulfide) groups is 1. The Kier molecular flexibility index (Phi) is 6.49. The number of hydrogen-bond donors (Lipinski definition) is 1. The number of halogens is 2. The molecule has 0 fully saturated rings. The molecule has 0 saturated carbocycles. The third-order valence-electron chi connectivity index (χ3n) is 3.36. The molecule has 1 aromatic heterocycles. The molecule has 134 valence electrons. The topological polar surface area (TPSA) is 72.7 Å². The molecule has 0 aliphatic heterocycles. The molecule has 3 rings (SSSR count). The molecule has 0 atom stereocenters. The van der Waals surface area contributed by atoms with Crippen molar-refractivity contribution in [1.82, 2.24) is 25.5 Å². The summed E-state index contributed by atoms with van der Waals surface area (Å²) in [4.78, 5) is 14.3. The van der Waals surface area contributed by atoms with E-state index in [0.717, 1.165) is 10.6 Å². The maximum atomic E-state index is 12.0. The van der Waals surface area contributed by atoms with Gasteiger partial charge in [-0.15, -0.1) is 22.0 Å². The summed E-state index contributed by atoms with van der Waals surface area (Å²) >= 11 is 13.6. The first-order valence-electron chi connectivity index (χ1n) is 7.79. The fourth-order valence-corrected chi connectivity index (χ4v) is 3.25. The van der Waals surface area contributed by atoms with E-state index in [1.54, 1.807) is 23.9 Å². The van der Waals surface area contributed by atoms with Crippen molar-refractivity contribution in [2.45, 2.75) is 11.4 Å². The van der Waals surface area contributed by atoms with E-state index in [9.17, 15) is 4.79 Å². The normalized spacial score (nSPS) is 10.7. The first-order valence-corrected chi connectivity index (χ1v) is 9.54. The zero-order valence-electron chi connectivity index (χ0n) is 13.6. The van der Waals surface area contributed by atoms with Crippen molar-refractivity contribution in [3.05, 3.63) is 58.6 Å². The molecule has 0 aliphatic carbocycles. The second kappa shape index (κ2) is 9.02. The molecule has 1 amide bonds. The van der Waals surface area contributed by atoms with E-state index in [1.165, 1.54) is 4.80 Å². The highest BCUT2D eigenvalue weighted by molar-refractivity contribution is 7.99. The Labute approximate surface area is 164 Å². The van der Waals surface area contributed by atoms with Gasteiger partial charge >= 0.3 is 0 Å². The van der Waals surface area contributed by atoms with E-state index in [1.807, 2.05) is 36.4 Å².